The molecule has 7 heteroatoms. The lowest BCUT2D eigenvalue weighted by atomic mass is 9.99. The van der Waals surface area contributed by atoms with Crippen molar-refractivity contribution in [2.75, 3.05) is 0 Å². The highest BCUT2D eigenvalue weighted by Crippen LogP contribution is 2.50. The van der Waals surface area contributed by atoms with Crippen LogP contribution in [0.1, 0.15) is 0 Å². The third-order valence-corrected chi connectivity index (χ3v) is 22.3. The van der Waals surface area contributed by atoms with Crippen LogP contribution in [0, 0.1) is 0 Å². The summed E-state index contributed by atoms with van der Waals surface area (Å²) in [5.41, 5.74) is 26.1. The van der Waals surface area contributed by atoms with E-state index >= 15 is 0 Å². The SMILES string of the molecule is Clc1ccc2c(n1)-c1cccc3cccc-2c13.c1ccc(-n2c3ccc(-c4ccc5[nH]c6ccccc6c5c4)cc3c3c4ccccc4ccc32)cc1.c1ccc(-n2c3ccc(-c4ccc5c(c4)c4ccccc4n5-c4ccc5c(n4)-c4cccc6cccc-5c46)cc3c3c4ccccc4ccc32)cc1. The first-order chi connectivity index (χ1) is 52.0. The number of benzene rings is 16. The molecule has 0 bridgehead atoms. The van der Waals surface area contributed by atoms with Crippen LogP contribution in [0.5, 0.6) is 0 Å². The molecule has 0 amide bonds. The van der Waals surface area contributed by atoms with Crippen molar-refractivity contribution in [3.63, 3.8) is 0 Å². The van der Waals surface area contributed by atoms with Crippen molar-refractivity contribution in [3.05, 3.63) is 357 Å². The van der Waals surface area contributed by atoms with Gasteiger partial charge < -0.3 is 14.1 Å². The van der Waals surface area contributed by atoms with Crippen molar-refractivity contribution in [1.29, 1.82) is 0 Å². The summed E-state index contributed by atoms with van der Waals surface area (Å²) in [5.74, 6) is 0.935. The molecule has 488 valence electrons. The van der Waals surface area contributed by atoms with E-state index in [0.29, 0.717) is 5.15 Å². The second-order valence-corrected chi connectivity index (χ2v) is 28.1. The first-order valence-electron chi connectivity index (χ1n) is 35.8. The predicted molar refractivity (Wildman–Crippen MR) is 442 cm³/mol. The molecule has 22 aromatic rings. The van der Waals surface area contributed by atoms with Gasteiger partial charge in [0.25, 0.3) is 0 Å². The number of hydrogen-bond acceptors (Lipinski definition) is 2. The Morgan fingerprint density at radius 1 is 0.229 bits per heavy atom. The lowest BCUT2D eigenvalue weighted by Gasteiger charge is -2.10. The van der Waals surface area contributed by atoms with Gasteiger partial charge in [0.05, 0.1) is 44.5 Å². The van der Waals surface area contributed by atoms with Gasteiger partial charge in [0.1, 0.15) is 11.0 Å². The zero-order valence-electron chi connectivity index (χ0n) is 56.6. The first-order valence-corrected chi connectivity index (χ1v) is 36.2. The molecule has 6 heterocycles. The quantitative estimate of drug-likeness (QED) is 0.175. The van der Waals surface area contributed by atoms with Crippen LogP contribution < -0.4 is 0 Å². The molecule has 6 aromatic heterocycles. The lowest BCUT2D eigenvalue weighted by Crippen LogP contribution is -1.98. The summed E-state index contributed by atoms with van der Waals surface area (Å²) in [6.45, 7) is 0. The van der Waals surface area contributed by atoms with Gasteiger partial charge in [-0.05, 0) is 198 Å². The Labute approximate surface area is 607 Å². The molecule has 24 rings (SSSR count). The number of pyridine rings is 2. The standard InChI is InChI=1S/C49H29N3.C34H22N2.C15H8ClN/c1-2-13-34(14-3-1)51-44-25-22-33(29-41(44)48-35-15-5-4-10-30(35)20-26-45(48)51)32-21-24-43-40(28-32)36-16-6-7-19-42(36)52(43)46-27-23-38-37-17-8-11-31-12-9-18-39(47(31)37)49(38)50-46;1-2-9-25(10-3-1)36-32-18-16-24(21-29(32)34-26-11-5-4-8-22(26)15-19-33(34)36)23-14-17-31-28(20-23)27-12-6-7-13-30(27)35-31;16-13-8-7-11-10-5-1-3-9-4-2-6-12(14(9)10)15(11)17-13/h1-29H;1-21,35H;1-8H. The van der Waals surface area contributed by atoms with Crippen LogP contribution >= 0.6 is 11.6 Å². The highest BCUT2D eigenvalue weighted by atomic mass is 35.5. The van der Waals surface area contributed by atoms with E-state index in [-0.39, 0.29) is 0 Å². The van der Waals surface area contributed by atoms with Crippen LogP contribution in [0.15, 0.2) is 352 Å². The lowest BCUT2D eigenvalue weighted by molar-refractivity contribution is 1.09. The van der Waals surface area contributed by atoms with Gasteiger partial charge in [-0.15, -0.1) is 0 Å². The second-order valence-electron chi connectivity index (χ2n) is 27.7. The molecule has 0 aliphatic heterocycles. The summed E-state index contributed by atoms with van der Waals surface area (Å²) in [7, 11) is 0. The summed E-state index contributed by atoms with van der Waals surface area (Å²) in [6, 6.07) is 127. The fraction of sp³-hybridized carbons (Fsp3) is 0. The molecule has 0 unspecified atom stereocenters. The molecule has 2 aliphatic carbocycles. The van der Waals surface area contributed by atoms with Gasteiger partial charge in [-0.1, -0.05) is 242 Å². The molecule has 0 saturated heterocycles. The van der Waals surface area contributed by atoms with Crippen LogP contribution in [-0.2, 0) is 0 Å². The Balaban J connectivity index is 0.000000112. The number of aromatic amines is 1. The minimum Gasteiger partial charge on any atom is -0.355 e. The number of H-pyrrole nitrogens is 1. The molecule has 0 spiro atoms. The number of para-hydroxylation sites is 4. The summed E-state index contributed by atoms with van der Waals surface area (Å²) in [4.78, 5) is 13.4. The van der Waals surface area contributed by atoms with Gasteiger partial charge in [0, 0.05) is 87.8 Å². The first kappa shape index (κ1) is 59.1. The summed E-state index contributed by atoms with van der Waals surface area (Å²) in [6.07, 6.45) is 0. The topological polar surface area (TPSA) is 56.4 Å². The Bertz CT molecular complexity index is 7410. The van der Waals surface area contributed by atoms with E-state index in [0.717, 1.165) is 28.2 Å². The van der Waals surface area contributed by atoms with Gasteiger partial charge >= 0.3 is 0 Å². The minimum atomic E-state index is 0.550. The molecule has 6 nitrogen and oxygen atoms in total. The number of halogens is 1. The number of hydrogen-bond donors (Lipinski definition) is 1. The van der Waals surface area contributed by atoms with E-state index in [2.05, 4.69) is 369 Å². The molecule has 1 N–H and O–H groups in total. The molecule has 2 aliphatic rings. The van der Waals surface area contributed by atoms with E-state index in [1.165, 1.54) is 186 Å². The van der Waals surface area contributed by atoms with Crippen LogP contribution in [0.25, 0.3) is 215 Å². The number of fused-ring (bicyclic) bond motifs is 22. The monoisotopic (exact) mass is 1350 g/mol. The van der Waals surface area contributed by atoms with Gasteiger partial charge in [0.2, 0.25) is 0 Å². The van der Waals surface area contributed by atoms with Gasteiger partial charge in [0.15, 0.2) is 0 Å². The van der Waals surface area contributed by atoms with Crippen molar-refractivity contribution in [1.82, 2.24) is 28.7 Å². The van der Waals surface area contributed by atoms with Crippen LogP contribution in [0.3, 0.4) is 0 Å². The van der Waals surface area contributed by atoms with Crippen molar-refractivity contribution in [3.8, 4) is 84.2 Å². The van der Waals surface area contributed by atoms with E-state index in [4.69, 9.17) is 16.6 Å². The Hall–Kier alpha value is -13.7. The number of nitrogens with zero attached hydrogens (tertiary/aromatic N) is 5. The summed E-state index contributed by atoms with van der Waals surface area (Å²) >= 11 is 5.99. The van der Waals surface area contributed by atoms with Crippen LogP contribution in [0.2, 0.25) is 5.15 Å². The summed E-state index contributed by atoms with van der Waals surface area (Å²) < 4.78 is 7.13. The smallest absolute Gasteiger partial charge is 0.138 e. The fourth-order valence-corrected chi connectivity index (χ4v) is 17.6. The van der Waals surface area contributed by atoms with Gasteiger partial charge in [-0.3, -0.25) is 4.57 Å². The Morgan fingerprint density at radius 3 is 1.21 bits per heavy atom. The summed E-state index contributed by atoms with van der Waals surface area (Å²) in [5, 5.41) is 20.8. The molecular formula is C98H59ClN6. The second kappa shape index (κ2) is 23.2. The maximum absolute atomic E-state index is 5.99. The molecular weight excluding hydrogens is 1300 g/mol. The maximum atomic E-state index is 5.99. The van der Waals surface area contributed by atoms with Crippen molar-refractivity contribution in [2.45, 2.75) is 0 Å². The maximum Gasteiger partial charge on any atom is 0.138 e. The number of rotatable bonds is 5. The fourth-order valence-electron chi connectivity index (χ4n) is 17.5. The molecule has 0 fully saturated rings. The zero-order chi connectivity index (χ0) is 69.0. The number of aromatic nitrogens is 6. The van der Waals surface area contributed by atoms with Crippen molar-refractivity contribution >= 4 is 142 Å². The normalized spacial score (nSPS) is 12.0. The van der Waals surface area contributed by atoms with Crippen molar-refractivity contribution < 1.29 is 0 Å². The highest BCUT2D eigenvalue weighted by molar-refractivity contribution is 6.30. The molecule has 16 aromatic carbocycles. The van der Waals surface area contributed by atoms with Crippen molar-refractivity contribution in [2.24, 2.45) is 0 Å². The molecule has 0 saturated carbocycles. The van der Waals surface area contributed by atoms with Crippen LogP contribution in [0.4, 0.5) is 0 Å². The Kier molecular flexibility index (Phi) is 13.0. The zero-order valence-corrected chi connectivity index (χ0v) is 57.4. The average Bonchev–Trinajstić information content (AvgIpc) is 1.59. The predicted octanol–water partition coefficient (Wildman–Crippen LogP) is 26.7. The highest BCUT2D eigenvalue weighted by Gasteiger charge is 2.26. The molecule has 0 atom stereocenters. The molecule has 0 radical (unpaired) electrons. The van der Waals surface area contributed by atoms with Crippen LogP contribution in [-0.4, -0.2) is 28.7 Å². The third-order valence-electron chi connectivity index (χ3n) is 22.1. The van der Waals surface area contributed by atoms with E-state index in [1.807, 2.05) is 6.07 Å². The van der Waals surface area contributed by atoms with E-state index in [9.17, 15) is 0 Å². The largest absolute Gasteiger partial charge is 0.355 e. The Morgan fingerprint density at radius 2 is 0.638 bits per heavy atom. The molecule has 105 heavy (non-hydrogen) atoms. The van der Waals surface area contributed by atoms with E-state index < -0.39 is 0 Å². The van der Waals surface area contributed by atoms with E-state index in [1.54, 1.807) is 0 Å². The minimum absolute atomic E-state index is 0.550. The van der Waals surface area contributed by atoms with Gasteiger partial charge in [-0.2, -0.15) is 0 Å². The third kappa shape index (κ3) is 9.10. The van der Waals surface area contributed by atoms with Gasteiger partial charge in [-0.25, -0.2) is 9.97 Å². The average molecular weight is 1360 g/mol. The number of nitrogens with one attached hydrogen (secondary N) is 1.